The fourth-order valence-corrected chi connectivity index (χ4v) is 2.47. The van der Waals surface area contributed by atoms with E-state index in [-0.39, 0.29) is 11.8 Å². The Morgan fingerprint density at radius 2 is 1.79 bits per heavy atom. The molecule has 0 aliphatic heterocycles. The van der Waals surface area contributed by atoms with Gasteiger partial charge < -0.3 is 15.5 Å². The van der Waals surface area contributed by atoms with Crippen LogP contribution in [-0.2, 0) is 9.59 Å². The van der Waals surface area contributed by atoms with E-state index in [1.807, 2.05) is 13.8 Å². The highest BCUT2D eigenvalue weighted by atomic mass is 16.2. The predicted octanol–water partition coefficient (Wildman–Crippen LogP) is 0.893. The largest absolute Gasteiger partial charge is 0.354 e. The maximum Gasteiger partial charge on any atom is 0.233 e. The molecule has 1 rings (SSSR count). The lowest BCUT2D eigenvalue weighted by Crippen LogP contribution is -2.40. The summed E-state index contributed by atoms with van der Waals surface area (Å²) in [6.45, 7) is 6.18. The molecule has 0 spiro atoms. The van der Waals surface area contributed by atoms with Crippen molar-refractivity contribution in [1.29, 1.82) is 0 Å². The van der Waals surface area contributed by atoms with E-state index in [0.29, 0.717) is 25.6 Å². The van der Waals surface area contributed by atoms with Crippen molar-refractivity contribution in [2.75, 3.05) is 26.2 Å². The molecule has 2 N–H and O–H groups in total. The third kappa shape index (κ3) is 6.05. The molecular formula is C14H27N3O2. The van der Waals surface area contributed by atoms with Crippen molar-refractivity contribution in [2.24, 2.45) is 0 Å². The van der Waals surface area contributed by atoms with Crippen LogP contribution >= 0.6 is 0 Å². The SMILES string of the molecule is CCN(CC)C(=O)CCNC(=O)CNC1CCCC1. The second-order valence-electron chi connectivity index (χ2n) is 5.03. The number of rotatable bonds is 8. The molecule has 0 atom stereocenters. The molecule has 110 valence electrons. The summed E-state index contributed by atoms with van der Waals surface area (Å²) in [6.07, 6.45) is 5.26. The maximum atomic E-state index is 11.7. The van der Waals surface area contributed by atoms with Gasteiger partial charge in [-0.3, -0.25) is 9.59 Å². The average molecular weight is 269 g/mol. The van der Waals surface area contributed by atoms with Gasteiger partial charge in [-0.25, -0.2) is 0 Å². The molecule has 0 unspecified atom stereocenters. The number of nitrogens with zero attached hydrogens (tertiary/aromatic N) is 1. The van der Waals surface area contributed by atoms with Gasteiger partial charge in [-0.15, -0.1) is 0 Å². The zero-order valence-electron chi connectivity index (χ0n) is 12.2. The third-order valence-electron chi connectivity index (χ3n) is 3.68. The van der Waals surface area contributed by atoms with Crippen LogP contribution in [0, 0.1) is 0 Å². The first kappa shape index (κ1) is 16.0. The van der Waals surface area contributed by atoms with E-state index in [1.54, 1.807) is 4.90 Å². The summed E-state index contributed by atoms with van der Waals surface area (Å²) >= 11 is 0. The molecule has 0 aromatic rings. The first-order valence-corrected chi connectivity index (χ1v) is 7.45. The summed E-state index contributed by atoms with van der Waals surface area (Å²) in [5.74, 6) is 0.0910. The van der Waals surface area contributed by atoms with Crippen LogP contribution in [0.1, 0.15) is 46.0 Å². The van der Waals surface area contributed by atoms with Crippen LogP contribution in [0.3, 0.4) is 0 Å². The molecule has 0 heterocycles. The first-order chi connectivity index (χ1) is 9.17. The van der Waals surface area contributed by atoms with Crippen molar-refractivity contribution in [2.45, 2.75) is 52.0 Å². The fraction of sp³-hybridized carbons (Fsp3) is 0.857. The molecule has 0 aromatic heterocycles. The molecule has 1 fully saturated rings. The number of carbonyl (C=O) groups excluding carboxylic acids is 2. The highest BCUT2D eigenvalue weighted by molar-refractivity contribution is 5.80. The van der Waals surface area contributed by atoms with Crippen LogP contribution < -0.4 is 10.6 Å². The van der Waals surface area contributed by atoms with Gasteiger partial charge in [-0.2, -0.15) is 0 Å². The minimum absolute atomic E-state index is 0.0146. The summed E-state index contributed by atoms with van der Waals surface area (Å²) in [5, 5.41) is 6.05. The van der Waals surface area contributed by atoms with Crippen LogP contribution in [-0.4, -0.2) is 48.9 Å². The summed E-state index contributed by atoms with van der Waals surface area (Å²) in [5.41, 5.74) is 0. The highest BCUT2D eigenvalue weighted by Gasteiger charge is 2.15. The van der Waals surface area contributed by atoms with Gasteiger partial charge in [0.25, 0.3) is 0 Å². The van der Waals surface area contributed by atoms with Gasteiger partial charge in [0.2, 0.25) is 11.8 Å². The van der Waals surface area contributed by atoms with E-state index < -0.39 is 0 Å². The maximum absolute atomic E-state index is 11.7. The van der Waals surface area contributed by atoms with Crippen molar-refractivity contribution in [3.63, 3.8) is 0 Å². The number of hydrogen-bond donors (Lipinski definition) is 2. The second kappa shape index (κ2) is 8.91. The van der Waals surface area contributed by atoms with Gasteiger partial charge in [0.05, 0.1) is 6.54 Å². The first-order valence-electron chi connectivity index (χ1n) is 7.45. The number of nitrogens with one attached hydrogen (secondary N) is 2. The molecule has 2 amide bonds. The minimum atomic E-state index is -0.0146. The summed E-state index contributed by atoms with van der Waals surface area (Å²) in [6, 6.07) is 0.503. The van der Waals surface area contributed by atoms with E-state index in [1.165, 1.54) is 25.7 Å². The van der Waals surface area contributed by atoms with Crippen LogP contribution in [0.4, 0.5) is 0 Å². The molecule has 0 saturated heterocycles. The summed E-state index contributed by atoms with van der Waals surface area (Å²) in [4.78, 5) is 25.1. The molecule has 0 aromatic carbocycles. The van der Waals surface area contributed by atoms with Gasteiger partial charge in [-0.1, -0.05) is 12.8 Å². The van der Waals surface area contributed by atoms with Crippen LogP contribution in [0.15, 0.2) is 0 Å². The fourth-order valence-electron chi connectivity index (χ4n) is 2.47. The van der Waals surface area contributed by atoms with Crippen LogP contribution in [0.2, 0.25) is 0 Å². The standard InChI is InChI=1S/C14H27N3O2/c1-3-17(4-2)14(19)9-10-15-13(18)11-16-12-7-5-6-8-12/h12,16H,3-11H2,1-2H3,(H,15,18). The van der Waals surface area contributed by atoms with Crippen molar-refractivity contribution in [1.82, 2.24) is 15.5 Å². The van der Waals surface area contributed by atoms with Gasteiger partial charge in [-0.05, 0) is 26.7 Å². The average Bonchev–Trinajstić information content (AvgIpc) is 2.91. The highest BCUT2D eigenvalue weighted by Crippen LogP contribution is 2.17. The van der Waals surface area contributed by atoms with Crippen LogP contribution in [0.25, 0.3) is 0 Å². The Kier molecular flexibility index (Phi) is 7.48. The summed E-state index contributed by atoms with van der Waals surface area (Å²) in [7, 11) is 0. The lowest BCUT2D eigenvalue weighted by Gasteiger charge is -2.18. The number of amides is 2. The normalized spacial score (nSPS) is 15.5. The number of hydrogen-bond acceptors (Lipinski definition) is 3. The zero-order chi connectivity index (χ0) is 14.1. The number of carbonyl (C=O) groups is 2. The second-order valence-corrected chi connectivity index (χ2v) is 5.03. The third-order valence-corrected chi connectivity index (χ3v) is 3.68. The molecule has 1 aliphatic rings. The van der Waals surface area contributed by atoms with Crippen molar-refractivity contribution < 1.29 is 9.59 Å². The Hall–Kier alpha value is -1.10. The van der Waals surface area contributed by atoms with E-state index in [4.69, 9.17) is 0 Å². The van der Waals surface area contributed by atoms with E-state index >= 15 is 0 Å². The van der Waals surface area contributed by atoms with Crippen molar-refractivity contribution >= 4 is 11.8 Å². The lowest BCUT2D eigenvalue weighted by atomic mass is 10.2. The molecular weight excluding hydrogens is 242 g/mol. The predicted molar refractivity (Wildman–Crippen MR) is 75.8 cm³/mol. The summed E-state index contributed by atoms with van der Waals surface area (Å²) < 4.78 is 0. The molecule has 0 bridgehead atoms. The zero-order valence-corrected chi connectivity index (χ0v) is 12.2. The monoisotopic (exact) mass is 269 g/mol. The lowest BCUT2D eigenvalue weighted by molar-refractivity contribution is -0.130. The topological polar surface area (TPSA) is 61.4 Å². The van der Waals surface area contributed by atoms with Gasteiger partial charge in [0.15, 0.2) is 0 Å². The molecule has 0 radical (unpaired) electrons. The van der Waals surface area contributed by atoms with E-state index in [0.717, 1.165) is 13.1 Å². The van der Waals surface area contributed by atoms with E-state index in [2.05, 4.69) is 10.6 Å². The van der Waals surface area contributed by atoms with Gasteiger partial charge >= 0.3 is 0 Å². The Morgan fingerprint density at radius 1 is 1.16 bits per heavy atom. The van der Waals surface area contributed by atoms with Crippen LogP contribution in [0.5, 0.6) is 0 Å². The Morgan fingerprint density at radius 3 is 2.37 bits per heavy atom. The smallest absolute Gasteiger partial charge is 0.233 e. The minimum Gasteiger partial charge on any atom is -0.354 e. The quantitative estimate of drug-likeness (QED) is 0.688. The molecule has 5 heteroatoms. The molecule has 19 heavy (non-hydrogen) atoms. The van der Waals surface area contributed by atoms with Gasteiger partial charge in [0.1, 0.15) is 0 Å². The molecule has 1 saturated carbocycles. The molecule has 5 nitrogen and oxygen atoms in total. The molecule has 1 aliphatic carbocycles. The van der Waals surface area contributed by atoms with Crippen molar-refractivity contribution in [3.05, 3.63) is 0 Å². The Balaban J connectivity index is 2.07. The Bertz CT molecular complexity index is 284. The van der Waals surface area contributed by atoms with Gasteiger partial charge in [0, 0.05) is 32.1 Å². The van der Waals surface area contributed by atoms with E-state index in [9.17, 15) is 9.59 Å². The Labute approximate surface area is 116 Å². The van der Waals surface area contributed by atoms with Crippen molar-refractivity contribution in [3.8, 4) is 0 Å².